The first-order chi connectivity index (χ1) is 17.7. The average Bonchev–Trinajstić information content (AvgIpc) is 2.88. The second-order valence-electron chi connectivity index (χ2n) is 8.34. The number of alkyl halides is 6. The Morgan fingerprint density at radius 1 is 1.03 bits per heavy atom. The van der Waals surface area contributed by atoms with Gasteiger partial charge in [-0.15, -0.1) is 0 Å². The van der Waals surface area contributed by atoms with Crippen molar-refractivity contribution in [1.82, 2.24) is 10.3 Å². The molecule has 0 unspecified atom stereocenters. The van der Waals surface area contributed by atoms with Gasteiger partial charge in [-0.1, -0.05) is 43.0 Å². The lowest BCUT2D eigenvalue weighted by atomic mass is 9.85. The molecule has 0 saturated heterocycles. The van der Waals surface area contributed by atoms with Gasteiger partial charge < -0.3 is 20.0 Å². The largest absolute Gasteiger partial charge is 0.416 e. The summed E-state index contributed by atoms with van der Waals surface area (Å²) in [6, 6.07) is 6.74. The van der Waals surface area contributed by atoms with Gasteiger partial charge in [-0.2, -0.15) is 26.3 Å². The van der Waals surface area contributed by atoms with Crippen LogP contribution in [-0.4, -0.2) is 48.6 Å². The third kappa shape index (κ3) is 13.5. The summed E-state index contributed by atoms with van der Waals surface area (Å²) in [4.78, 5) is 23.5. The van der Waals surface area contributed by atoms with E-state index in [2.05, 4.69) is 15.0 Å². The van der Waals surface area contributed by atoms with Crippen LogP contribution >= 0.6 is 0 Å². The van der Waals surface area contributed by atoms with Crippen molar-refractivity contribution in [2.75, 3.05) is 20.3 Å². The minimum absolute atomic E-state index is 0.0315. The second-order valence-corrected chi connectivity index (χ2v) is 8.34. The van der Waals surface area contributed by atoms with Crippen molar-refractivity contribution in [2.45, 2.75) is 63.9 Å². The highest BCUT2D eigenvalue weighted by molar-refractivity contribution is 5.92. The third-order valence-corrected chi connectivity index (χ3v) is 5.32. The van der Waals surface area contributed by atoms with E-state index in [1.54, 1.807) is 20.1 Å². The van der Waals surface area contributed by atoms with Crippen molar-refractivity contribution >= 4 is 12.7 Å². The molecule has 1 saturated carbocycles. The first kappa shape index (κ1) is 35.0. The zero-order valence-electron chi connectivity index (χ0n) is 21.6. The van der Waals surface area contributed by atoms with Crippen molar-refractivity contribution in [3.63, 3.8) is 0 Å². The first-order valence-corrected chi connectivity index (χ1v) is 11.7. The summed E-state index contributed by atoms with van der Waals surface area (Å²) in [5.74, 6) is -0.708. The molecule has 0 atom stereocenters. The van der Waals surface area contributed by atoms with Crippen molar-refractivity contribution in [3.05, 3.63) is 65.0 Å². The number of nitrogens with one attached hydrogen (secondary N) is 1. The number of methoxy groups -OCH3 is 1. The van der Waals surface area contributed by atoms with E-state index in [0.717, 1.165) is 50.3 Å². The van der Waals surface area contributed by atoms with Crippen LogP contribution in [0.3, 0.4) is 0 Å². The molecule has 214 valence electrons. The molecule has 1 fully saturated rings. The number of halogens is 6. The lowest BCUT2D eigenvalue weighted by molar-refractivity contribution is -0.138. The number of hydrogen-bond donors (Lipinski definition) is 2. The molecule has 1 heterocycles. The van der Waals surface area contributed by atoms with Crippen LogP contribution in [0.5, 0.6) is 0 Å². The number of nitrogens with zero attached hydrogens (tertiary/aromatic N) is 1. The van der Waals surface area contributed by atoms with Crippen LogP contribution in [0.15, 0.2) is 42.6 Å². The summed E-state index contributed by atoms with van der Waals surface area (Å²) in [5, 5.41) is 12.7. The maximum atomic E-state index is 12.6. The van der Waals surface area contributed by atoms with Gasteiger partial charge in [-0.05, 0) is 44.9 Å². The van der Waals surface area contributed by atoms with Crippen LogP contribution in [0.4, 0.5) is 26.3 Å². The van der Waals surface area contributed by atoms with Crippen LogP contribution in [0, 0.1) is 6.92 Å². The normalized spacial score (nSPS) is 14.4. The van der Waals surface area contributed by atoms with Gasteiger partial charge in [0.05, 0.1) is 16.7 Å². The summed E-state index contributed by atoms with van der Waals surface area (Å²) in [6.07, 6.45) is -3.79. The van der Waals surface area contributed by atoms with Gasteiger partial charge in [0.2, 0.25) is 0 Å². The van der Waals surface area contributed by atoms with E-state index in [4.69, 9.17) is 4.79 Å². The van der Waals surface area contributed by atoms with Crippen molar-refractivity contribution in [3.8, 4) is 0 Å². The molecule has 1 amide bonds. The Labute approximate surface area is 218 Å². The van der Waals surface area contributed by atoms with Crippen LogP contribution < -0.4 is 5.32 Å². The van der Waals surface area contributed by atoms with Crippen molar-refractivity contribution in [2.24, 2.45) is 0 Å². The van der Waals surface area contributed by atoms with Gasteiger partial charge in [-0.3, -0.25) is 9.78 Å². The quantitative estimate of drug-likeness (QED) is 0.454. The predicted octanol–water partition coefficient (Wildman–Crippen LogP) is 6.01. The van der Waals surface area contributed by atoms with Gasteiger partial charge in [0.15, 0.2) is 0 Å². The predicted molar refractivity (Wildman–Crippen MR) is 130 cm³/mol. The highest BCUT2D eigenvalue weighted by Gasteiger charge is 2.33. The number of amides is 1. The fourth-order valence-corrected chi connectivity index (χ4v) is 3.27. The van der Waals surface area contributed by atoms with E-state index in [9.17, 15) is 36.2 Å². The molecule has 0 spiro atoms. The molecule has 6 nitrogen and oxygen atoms in total. The van der Waals surface area contributed by atoms with E-state index in [0.29, 0.717) is 24.5 Å². The number of carbonyl (C=O) groups excluding carboxylic acids is 2. The highest BCUT2D eigenvalue weighted by Crippen LogP contribution is 2.30. The number of ether oxygens (including phenoxy) is 1. The lowest BCUT2D eigenvalue weighted by Crippen LogP contribution is -2.44. The number of pyridine rings is 1. The van der Waals surface area contributed by atoms with Crippen LogP contribution in [-0.2, 0) is 21.9 Å². The van der Waals surface area contributed by atoms with Crippen molar-refractivity contribution in [1.29, 1.82) is 0 Å². The van der Waals surface area contributed by atoms with Crippen LogP contribution in [0.2, 0.25) is 0 Å². The summed E-state index contributed by atoms with van der Waals surface area (Å²) in [6.45, 7) is 6.44. The lowest BCUT2D eigenvalue weighted by Gasteiger charge is -2.32. The smallest absolute Gasteiger partial charge is 0.388 e. The molecule has 0 bridgehead atoms. The first-order valence-electron chi connectivity index (χ1n) is 11.7. The SMILES string of the molecule is C=O.CCOC.Cc1cccc(C(F)(F)F)c1.O=C(NCC1(O)CCCCC1)c1cc(C(F)(F)F)ccn1. The molecule has 0 radical (unpaired) electrons. The van der Waals surface area contributed by atoms with Gasteiger partial charge in [0, 0.05) is 26.5 Å². The number of aliphatic hydroxyl groups is 1. The molecular formula is C26H34F6N2O4. The summed E-state index contributed by atoms with van der Waals surface area (Å²) >= 11 is 0. The van der Waals surface area contributed by atoms with Crippen molar-refractivity contribution < 1.29 is 45.8 Å². The molecule has 1 aromatic carbocycles. The summed E-state index contributed by atoms with van der Waals surface area (Å²) in [7, 11) is 1.68. The molecule has 0 aliphatic heterocycles. The van der Waals surface area contributed by atoms with E-state index in [1.165, 1.54) is 6.07 Å². The maximum Gasteiger partial charge on any atom is 0.416 e. The van der Waals surface area contributed by atoms with E-state index in [-0.39, 0.29) is 12.2 Å². The fraction of sp³-hybridized carbons (Fsp3) is 0.500. The van der Waals surface area contributed by atoms with Gasteiger partial charge in [0.25, 0.3) is 5.91 Å². The van der Waals surface area contributed by atoms with Gasteiger partial charge in [0.1, 0.15) is 12.5 Å². The Balaban J connectivity index is 0.000000672. The zero-order chi connectivity index (χ0) is 29.4. The highest BCUT2D eigenvalue weighted by atomic mass is 19.4. The topological polar surface area (TPSA) is 88.5 Å². The zero-order valence-corrected chi connectivity index (χ0v) is 21.6. The Bertz CT molecular complexity index is 959. The molecular weight excluding hydrogens is 518 g/mol. The molecule has 3 rings (SSSR count). The second kappa shape index (κ2) is 16.8. The van der Waals surface area contributed by atoms with Gasteiger partial charge in [-0.25, -0.2) is 0 Å². The Morgan fingerprint density at radius 2 is 1.55 bits per heavy atom. The fourth-order valence-electron chi connectivity index (χ4n) is 3.27. The number of rotatable bonds is 4. The molecule has 1 aliphatic carbocycles. The minimum atomic E-state index is -4.51. The van der Waals surface area contributed by atoms with E-state index < -0.39 is 35.0 Å². The van der Waals surface area contributed by atoms with E-state index >= 15 is 0 Å². The number of aryl methyl sites for hydroxylation is 1. The average molecular weight is 553 g/mol. The molecule has 2 N–H and O–H groups in total. The number of carbonyl (C=O) groups is 2. The standard InChI is InChI=1S/C14H17F3N2O2.C8H7F3.C3H8O.CH2O/c15-14(16,17)10-4-7-18-11(8-10)12(20)19-9-13(21)5-2-1-3-6-13;1-6-3-2-4-7(5-6)8(9,10)11;1-3-4-2;1-2/h4,7-8,21H,1-3,5-6,9H2,(H,19,20);2-5H,1H3;3H2,1-2H3;1H2. The molecule has 38 heavy (non-hydrogen) atoms. The van der Waals surface area contributed by atoms with Crippen LogP contribution in [0.1, 0.15) is 66.2 Å². The summed E-state index contributed by atoms with van der Waals surface area (Å²) in [5.41, 5.74) is -2.14. The number of aromatic nitrogens is 1. The molecule has 1 aromatic heterocycles. The third-order valence-electron chi connectivity index (χ3n) is 5.32. The monoisotopic (exact) mass is 552 g/mol. The van der Waals surface area contributed by atoms with Gasteiger partial charge >= 0.3 is 12.4 Å². The summed E-state index contributed by atoms with van der Waals surface area (Å²) < 4.78 is 78.2. The molecule has 2 aromatic rings. The Hall–Kier alpha value is -2.99. The van der Waals surface area contributed by atoms with E-state index in [1.807, 2.05) is 13.7 Å². The Kier molecular flexibility index (Phi) is 15.4. The number of benzene rings is 1. The van der Waals surface area contributed by atoms with Crippen LogP contribution in [0.25, 0.3) is 0 Å². The Morgan fingerprint density at radius 3 is 2.00 bits per heavy atom. The minimum Gasteiger partial charge on any atom is -0.388 e. The maximum absolute atomic E-state index is 12.6. The molecule has 1 aliphatic rings. The molecule has 12 heteroatoms. The number of hydrogen-bond acceptors (Lipinski definition) is 5.